The average Bonchev–Trinajstić information content (AvgIpc) is 2.56. The van der Waals surface area contributed by atoms with Crippen molar-refractivity contribution in [2.24, 2.45) is 17.8 Å². The Morgan fingerprint density at radius 1 is 1.04 bits per heavy atom. The van der Waals surface area contributed by atoms with Gasteiger partial charge in [0.1, 0.15) is 5.75 Å². The number of carbonyl (C=O) groups excluding carboxylic acids is 1. The SMILES string of the molecule is CCN(C(=O)COc1cc(Cl)c(Cl)cc1Cl)C12CC3CC(CC(C3)C1)C2. The van der Waals surface area contributed by atoms with E-state index in [9.17, 15) is 4.79 Å². The van der Waals surface area contributed by atoms with E-state index >= 15 is 0 Å². The fraction of sp³-hybridized carbons (Fsp3) is 0.650. The lowest BCUT2D eigenvalue weighted by atomic mass is 9.52. The summed E-state index contributed by atoms with van der Waals surface area (Å²) >= 11 is 18.1. The van der Waals surface area contributed by atoms with Crippen LogP contribution in [0.2, 0.25) is 15.1 Å². The number of rotatable bonds is 5. The maximum absolute atomic E-state index is 13.0. The van der Waals surface area contributed by atoms with E-state index in [0.717, 1.165) is 43.6 Å². The zero-order valence-electron chi connectivity index (χ0n) is 14.9. The number of hydrogen-bond donors (Lipinski definition) is 0. The normalized spacial score (nSPS) is 31.9. The van der Waals surface area contributed by atoms with Gasteiger partial charge >= 0.3 is 0 Å². The van der Waals surface area contributed by atoms with Crippen LogP contribution >= 0.6 is 34.8 Å². The van der Waals surface area contributed by atoms with Gasteiger partial charge < -0.3 is 9.64 Å². The lowest BCUT2D eigenvalue weighted by molar-refractivity contribution is -0.152. The highest BCUT2D eigenvalue weighted by Crippen LogP contribution is 2.57. The maximum atomic E-state index is 13.0. The lowest BCUT2D eigenvalue weighted by Crippen LogP contribution is -2.62. The predicted octanol–water partition coefficient (Wildman–Crippen LogP) is 5.84. The fourth-order valence-corrected chi connectivity index (χ4v) is 6.60. The van der Waals surface area contributed by atoms with E-state index in [1.807, 2.05) is 0 Å². The molecule has 0 radical (unpaired) electrons. The van der Waals surface area contributed by atoms with Crippen LogP contribution in [0.3, 0.4) is 0 Å². The Bertz CT molecular complexity index is 686. The Kier molecular flexibility index (Phi) is 5.09. The number of ether oxygens (including phenoxy) is 1. The molecule has 4 fully saturated rings. The molecule has 0 atom stereocenters. The molecular weight excluding hydrogens is 393 g/mol. The molecule has 0 saturated heterocycles. The van der Waals surface area contributed by atoms with E-state index in [4.69, 9.17) is 39.5 Å². The minimum atomic E-state index is -0.0206. The summed E-state index contributed by atoms with van der Waals surface area (Å²) in [4.78, 5) is 15.1. The first-order chi connectivity index (χ1) is 12.4. The van der Waals surface area contributed by atoms with Gasteiger partial charge in [0.05, 0.1) is 15.1 Å². The summed E-state index contributed by atoms with van der Waals surface area (Å²) in [6, 6.07) is 3.11. The zero-order valence-corrected chi connectivity index (χ0v) is 17.2. The molecule has 26 heavy (non-hydrogen) atoms. The minimum absolute atomic E-state index is 0.0206. The van der Waals surface area contributed by atoms with Crippen LogP contribution in [0.5, 0.6) is 5.75 Å². The van der Waals surface area contributed by atoms with Gasteiger partial charge in [0, 0.05) is 18.2 Å². The van der Waals surface area contributed by atoms with E-state index in [2.05, 4.69) is 11.8 Å². The molecule has 0 aromatic heterocycles. The molecule has 5 rings (SSSR count). The zero-order chi connectivity index (χ0) is 18.5. The summed E-state index contributed by atoms with van der Waals surface area (Å²) in [7, 11) is 0. The summed E-state index contributed by atoms with van der Waals surface area (Å²) in [5.74, 6) is 2.84. The van der Waals surface area contributed by atoms with E-state index in [1.165, 1.54) is 19.3 Å². The highest BCUT2D eigenvalue weighted by molar-refractivity contribution is 6.43. The molecule has 3 nitrogen and oxygen atoms in total. The molecule has 4 bridgehead atoms. The third-order valence-corrected chi connectivity index (χ3v) is 7.54. The number of benzene rings is 1. The topological polar surface area (TPSA) is 29.5 Å². The molecule has 0 unspecified atom stereocenters. The van der Waals surface area contributed by atoms with E-state index in [1.54, 1.807) is 12.1 Å². The lowest BCUT2D eigenvalue weighted by Gasteiger charge is -2.60. The molecule has 4 aliphatic carbocycles. The Hall–Kier alpha value is -0.640. The van der Waals surface area contributed by atoms with Crippen LogP contribution in [-0.4, -0.2) is 29.5 Å². The van der Waals surface area contributed by atoms with Crippen molar-refractivity contribution in [3.8, 4) is 5.75 Å². The van der Waals surface area contributed by atoms with Crippen LogP contribution in [0.15, 0.2) is 12.1 Å². The van der Waals surface area contributed by atoms with Gasteiger partial charge in [-0.25, -0.2) is 0 Å². The smallest absolute Gasteiger partial charge is 0.260 e. The second-order valence-electron chi connectivity index (χ2n) is 8.27. The first-order valence-corrected chi connectivity index (χ1v) is 10.6. The van der Waals surface area contributed by atoms with Gasteiger partial charge in [-0.05, 0) is 69.3 Å². The van der Waals surface area contributed by atoms with Crippen molar-refractivity contribution in [1.82, 2.24) is 4.90 Å². The molecule has 1 aromatic rings. The monoisotopic (exact) mass is 415 g/mol. The largest absolute Gasteiger partial charge is 0.482 e. The maximum Gasteiger partial charge on any atom is 0.260 e. The van der Waals surface area contributed by atoms with Crippen molar-refractivity contribution in [3.63, 3.8) is 0 Å². The number of halogens is 3. The third-order valence-electron chi connectivity index (χ3n) is 6.52. The second-order valence-corrected chi connectivity index (χ2v) is 9.49. The van der Waals surface area contributed by atoms with Gasteiger partial charge in [-0.3, -0.25) is 4.79 Å². The van der Waals surface area contributed by atoms with Crippen molar-refractivity contribution >= 4 is 40.7 Å². The molecule has 0 aliphatic heterocycles. The van der Waals surface area contributed by atoms with Gasteiger partial charge in [0.25, 0.3) is 5.91 Å². The van der Waals surface area contributed by atoms with Crippen LogP contribution in [0.1, 0.15) is 45.4 Å². The molecule has 142 valence electrons. The van der Waals surface area contributed by atoms with Crippen LogP contribution in [0.25, 0.3) is 0 Å². The molecule has 1 amide bonds. The molecule has 4 saturated carbocycles. The molecule has 0 N–H and O–H groups in total. The highest BCUT2D eigenvalue weighted by atomic mass is 35.5. The number of likely N-dealkylation sites (N-methyl/N-ethyl adjacent to an activating group) is 1. The molecule has 0 spiro atoms. The summed E-state index contributed by atoms with van der Waals surface area (Å²) in [5, 5.41) is 1.11. The van der Waals surface area contributed by atoms with Crippen molar-refractivity contribution in [2.45, 2.75) is 51.0 Å². The first-order valence-electron chi connectivity index (χ1n) is 9.48. The van der Waals surface area contributed by atoms with Crippen molar-refractivity contribution < 1.29 is 9.53 Å². The molecule has 6 heteroatoms. The summed E-state index contributed by atoms with van der Waals surface area (Å²) in [6.45, 7) is 2.78. The Balaban J connectivity index is 1.47. The van der Waals surface area contributed by atoms with Crippen LogP contribution in [-0.2, 0) is 4.79 Å². The average molecular weight is 417 g/mol. The number of carbonyl (C=O) groups is 1. The summed E-state index contributed by atoms with van der Waals surface area (Å²) in [6.07, 6.45) is 7.56. The van der Waals surface area contributed by atoms with E-state index in [-0.39, 0.29) is 18.1 Å². The minimum Gasteiger partial charge on any atom is -0.482 e. The first kappa shape index (κ1) is 18.7. The van der Waals surface area contributed by atoms with Crippen LogP contribution in [0, 0.1) is 17.8 Å². The Morgan fingerprint density at radius 2 is 1.58 bits per heavy atom. The number of nitrogens with zero attached hydrogens (tertiary/aromatic N) is 1. The predicted molar refractivity (Wildman–Crippen MR) is 105 cm³/mol. The van der Waals surface area contributed by atoms with Gasteiger partial charge in [0.15, 0.2) is 6.61 Å². The number of amides is 1. The highest BCUT2D eigenvalue weighted by Gasteiger charge is 2.54. The van der Waals surface area contributed by atoms with Crippen molar-refractivity contribution in [3.05, 3.63) is 27.2 Å². The summed E-state index contributed by atoms with van der Waals surface area (Å²) < 4.78 is 5.71. The molecule has 0 heterocycles. The second kappa shape index (κ2) is 7.07. The van der Waals surface area contributed by atoms with Gasteiger partial charge in [-0.15, -0.1) is 0 Å². The van der Waals surface area contributed by atoms with Gasteiger partial charge in [0.2, 0.25) is 0 Å². The van der Waals surface area contributed by atoms with Gasteiger partial charge in [-0.1, -0.05) is 34.8 Å². The quantitative estimate of drug-likeness (QED) is 0.564. The molecular formula is C20H24Cl3NO2. The molecule has 4 aliphatic rings. The van der Waals surface area contributed by atoms with E-state index < -0.39 is 0 Å². The van der Waals surface area contributed by atoms with Crippen LogP contribution in [0.4, 0.5) is 0 Å². The van der Waals surface area contributed by atoms with Crippen molar-refractivity contribution in [1.29, 1.82) is 0 Å². The molecule has 1 aromatic carbocycles. The Labute approximate surface area is 169 Å². The fourth-order valence-electron chi connectivity index (χ4n) is 6.00. The van der Waals surface area contributed by atoms with Crippen molar-refractivity contribution in [2.75, 3.05) is 13.2 Å². The number of hydrogen-bond acceptors (Lipinski definition) is 2. The standard InChI is InChI=1S/C20H24Cl3NO2/c1-2-24(20-8-12-3-13(9-20)5-14(4-12)10-20)19(25)11-26-18-7-16(22)15(21)6-17(18)23/h6-7,12-14H,2-5,8-11H2,1H3. The summed E-state index contributed by atoms with van der Waals surface area (Å²) in [5.41, 5.74) is 0.0470. The van der Waals surface area contributed by atoms with Crippen LogP contribution < -0.4 is 4.74 Å². The third kappa shape index (κ3) is 3.31. The van der Waals surface area contributed by atoms with E-state index in [0.29, 0.717) is 20.8 Å². The Morgan fingerprint density at radius 3 is 2.12 bits per heavy atom. The van der Waals surface area contributed by atoms with Gasteiger partial charge in [-0.2, -0.15) is 0 Å².